The summed E-state index contributed by atoms with van der Waals surface area (Å²) < 4.78 is 32.7. The zero-order valence-electron chi connectivity index (χ0n) is 31.5. The number of amides is 2. The second-order valence-electron chi connectivity index (χ2n) is 12.6. The number of hydrogen-bond donors (Lipinski definition) is 3. The van der Waals surface area contributed by atoms with Gasteiger partial charge >= 0.3 is 0 Å². The van der Waals surface area contributed by atoms with Crippen molar-refractivity contribution in [3.8, 4) is 17.6 Å². The molecule has 0 radical (unpaired) electrons. The van der Waals surface area contributed by atoms with Crippen LogP contribution in [0.15, 0.2) is 89.9 Å². The van der Waals surface area contributed by atoms with Crippen LogP contribution in [0, 0.1) is 11.3 Å². The average molecular weight is 759 g/mol. The molecule has 14 nitrogen and oxygen atoms in total. The van der Waals surface area contributed by atoms with Crippen molar-refractivity contribution in [2.45, 2.75) is 64.8 Å². The number of aromatic amines is 1. The van der Waals surface area contributed by atoms with Gasteiger partial charge in [0.05, 0.1) is 46.1 Å². The molecule has 0 bridgehead atoms. The van der Waals surface area contributed by atoms with E-state index in [-0.39, 0.29) is 43.4 Å². The van der Waals surface area contributed by atoms with E-state index in [0.29, 0.717) is 11.5 Å². The Kier molecular flexibility index (Phi) is 15.2. The van der Waals surface area contributed by atoms with E-state index >= 15 is 0 Å². The standard InChI is InChI=1S/C39H47N6O8P/c1-26(2)45(27(3)4)54(52-23-11-22-40)53-35(37(48)43-34-24-41-38(42-28(5)46)44-36(34)47)25-51-39(29-12-9-8-10-13-29,30-14-18-32(49-6)19-15-30)31-16-20-33(50-7)21-17-31/h8-10,12-21,24,26-27,35H,11,23,25H2,1-7H3,(H,43,48)(H2,41,42,44,46,47)/t35-,54?/m1/s1. The Bertz CT molecular complexity index is 1860. The van der Waals surface area contributed by atoms with Crippen molar-refractivity contribution in [3.63, 3.8) is 0 Å². The Morgan fingerprint density at radius 1 is 0.889 bits per heavy atom. The van der Waals surface area contributed by atoms with Gasteiger partial charge in [-0.1, -0.05) is 54.6 Å². The van der Waals surface area contributed by atoms with E-state index in [1.165, 1.54) is 6.92 Å². The highest BCUT2D eigenvalue weighted by Crippen LogP contribution is 2.48. The summed E-state index contributed by atoms with van der Waals surface area (Å²) in [6.07, 6.45) is -0.121. The van der Waals surface area contributed by atoms with Crippen LogP contribution in [0.3, 0.4) is 0 Å². The summed E-state index contributed by atoms with van der Waals surface area (Å²) in [5.74, 6) is 0.0572. The number of hydrogen-bond acceptors (Lipinski definition) is 11. The summed E-state index contributed by atoms with van der Waals surface area (Å²) in [4.78, 5) is 45.4. The zero-order chi connectivity index (χ0) is 39.3. The minimum absolute atomic E-state index is 0.0627. The first-order valence-corrected chi connectivity index (χ1v) is 18.5. The molecule has 4 rings (SSSR count). The van der Waals surface area contributed by atoms with Crippen LogP contribution < -0.4 is 25.7 Å². The van der Waals surface area contributed by atoms with E-state index in [2.05, 4.69) is 26.7 Å². The van der Waals surface area contributed by atoms with Crippen LogP contribution in [0.25, 0.3) is 0 Å². The second kappa shape index (κ2) is 19.8. The molecule has 0 spiro atoms. The summed E-state index contributed by atoms with van der Waals surface area (Å²) in [6, 6.07) is 26.4. The first-order valence-electron chi connectivity index (χ1n) is 17.3. The molecule has 1 aromatic heterocycles. The number of carbonyl (C=O) groups excluding carboxylic acids is 2. The third kappa shape index (κ3) is 10.5. The van der Waals surface area contributed by atoms with Gasteiger partial charge in [0.15, 0.2) is 6.10 Å². The molecule has 286 valence electrons. The predicted octanol–water partition coefficient (Wildman–Crippen LogP) is 6.35. The Morgan fingerprint density at radius 3 is 1.93 bits per heavy atom. The Hall–Kier alpha value is -5.16. The molecule has 0 saturated carbocycles. The van der Waals surface area contributed by atoms with Gasteiger partial charge in [0.1, 0.15) is 22.8 Å². The number of anilines is 2. The van der Waals surface area contributed by atoms with Crippen molar-refractivity contribution in [2.24, 2.45) is 0 Å². The summed E-state index contributed by atoms with van der Waals surface area (Å²) >= 11 is 0. The fraction of sp³-hybridized carbons (Fsp3) is 0.359. The lowest BCUT2D eigenvalue weighted by molar-refractivity contribution is -0.128. The van der Waals surface area contributed by atoms with E-state index in [1.807, 2.05) is 111 Å². The quantitative estimate of drug-likeness (QED) is 0.0551. The predicted molar refractivity (Wildman–Crippen MR) is 206 cm³/mol. The maximum Gasteiger partial charge on any atom is 0.276 e. The lowest BCUT2D eigenvalue weighted by atomic mass is 9.80. The lowest BCUT2D eigenvalue weighted by Gasteiger charge is -2.39. The van der Waals surface area contributed by atoms with Crippen molar-refractivity contribution in [1.29, 1.82) is 5.26 Å². The molecule has 0 aliphatic heterocycles. The average Bonchev–Trinajstić information content (AvgIpc) is 3.16. The van der Waals surface area contributed by atoms with Gasteiger partial charge in [-0.3, -0.25) is 24.7 Å². The highest BCUT2D eigenvalue weighted by atomic mass is 31.2. The Morgan fingerprint density at radius 2 is 1.44 bits per heavy atom. The van der Waals surface area contributed by atoms with Crippen LogP contribution in [0.1, 0.15) is 57.7 Å². The molecule has 0 fully saturated rings. The zero-order valence-corrected chi connectivity index (χ0v) is 32.4. The number of nitrogens with zero attached hydrogens (tertiary/aromatic N) is 3. The molecular formula is C39H47N6O8P. The molecule has 54 heavy (non-hydrogen) atoms. The normalized spacial score (nSPS) is 12.6. The highest BCUT2D eigenvalue weighted by molar-refractivity contribution is 7.44. The lowest BCUT2D eigenvalue weighted by Crippen LogP contribution is -2.42. The van der Waals surface area contributed by atoms with Gasteiger partial charge < -0.3 is 28.6 Å². The highest BCUT2D eigenvalue weighted by Gasteiger charge is 2.41. The van der Waals surface area contributed by atoms with E-state index < -0.39 is 37.6 Å². The van der Waals surface area contributed by atoms with Crippen LogP contribution in [0.4, 0.5) is 11.6 Å². The SMILES string of the molecule is COc1ccc(C(OC[C@@H](OP(OCCC#N)N(C(C)C)C(C)C)C(=O)Nc2cnc(NC(C)=O)[nH]c2=O)(c2ccccc2)c2ccc(OC)cc2)cc1. The molecule has 3 aromatic carbocycles. The van der Waals surface area contributed by atoms with Crippen LogP contribution in [0.5, 0.6) is 11.5 Å². The molecule has 15 heteroatoms. The van der Waals surface area contributed by atoms with Crippen molar-refractivity contribution in [3.05, 3.63) is 112 Å². The molecule has 0 saturated heterocycles. The number of nitrogens with one attached hydrogen (secondary N) is 3. The van der Waals surface area contributed by atoms with E-state index in [1.54, 1.807) is 14.2 Å². The molecule has 2 amide bonds. The summed E-state index contributed by atoms with van der Waals surface area (Å²) in [6.45, 7) is 8.92. The maximum atomic E-state index is 14.3. The van der Waals surface area contributed by atoms with Gasteiger partial charge in [-0.25, -0.2) is 9.65 Å². The number of ether oxygens (including phenoxy) is 3. The van der Waals surface area contributed by atoms with Gasteiger partial charge in [-0.15, -0.1) is 0 Å². The van der Waals surface area contributed by atoms with Crippen molar-refractivity contribution >= 4 is 32.0 Å². The van der Waals surface area contributed by atoms with Crippen molar-refractivity contribution in [1.82, 2.24) is 14.6 Å². The molecule has 0 aliphatic rings. The van der Waals surface area contributed by atoms with Gasteiger partial charge in [0, 0.05) is 19.0 Å². The molecule has 1 heterocycles. The van der Waals surface area contributed by atoms with E-state index in [9.17, 15) is 19.6 Å². The number of benzene rings is 3. The number of nitriles is 1. The van der Waals surface area contributed by atoms with Gasteiger partial charge in [0.25, 0.3) is 20.0 Å². The molecule has 1 unspecified atom stereocenters. The maximum absolute atomic E-state index is 14.3. The first-order chi connectivity index (χ1) is 25.9. The van der Waals surface area contributed by atoms with E-state index in [4.69, 9.17) is 23.3 Å². The Balaban J connectivity index is 1.86. The third-order valence-corrected chi connectivity index (χ3v) is 10.3. The molecule has 0 aliphatic carbocycles. The summed E-state index contributed by atoms with van der Waals surface area (Å²) in [7, 11) is 1.22. The van der Waals surface area contributed by atoms with E-state index in [0.717, 1.165) is 22.9 Å². The van der Waals surface area contributed by atoms with Gasteiger partial charge in [-0.2, -0.15) is 5.26 Å². The largest absolute Gasteiger partial charge is 0.497 e. The monoisotopic (exact) mass is 758 g/mol. The van der Waals surface area contributed by atoms with Crippen LogP contribution in [-0.2, 0) is 29.0 Å². The number of rotatable bonds is 19. The second-order valence-corrected chi connectivity index (χ2v) is 14.0. The van der Waals surface area contributed by atoms with Crippen LogP contribution in [0.2, 0.25) is 0 Å². The number of carbonyl (C=O) groups is 2. The molecule has 3 N–H and O–H groups in total. The van der Waals surface area contributed by atoms with Crippen LogP contribution >= 0.6 is 8.53 Å². The smallest absolute Gasteiger partial charge is 0.276 e. The van der Waals surface area contributed by atoms with Crippen molar-refractivity contribution in [2.75, 3.05) is 38.1 Å². The van der Waals surface area contributed by atoms with Gasteiger partial charge in [0.2, 0.25) is 11.9 Å². The fourth-order valence-electron chi connectivity index (χ4n) is 5.76. The molecular weight excluding hydrogens is 711 g/mol. The number of H-pyrrole nitrogens is 1. The topological polar surface area (TPSA) is 177 Å². The number of methoxy groups -OCH3 is 2. The Labute approximate surface area is 316 Å². The van der Waals surface area contributed by atoms with Crippen LogP contribution in [-0.4, -0.2) is 72.1 Å². The van der Waals surface area contributed by atoms with Crippen molar-refractivity contribution < 1.29 is 32.8 Å². The minimum atomic E-state index is -1.95. The molecule has 4 aromatic rings. The summed E-state index contributed by atoms with van der Waals surface area (Å²) in [5.41, 5.74) is 0.0309. The first kappa shape index (κ1) is 41.6. The summed E-state index contributed by atoms with van der Waals surface area (Å²) in [5, 5.41) is 14.3. The minimum Gasteiger partial charge on any atom is -0.497 e. The third-order valence-electron chi connectivity index (χ3n) is 8.15. The fourth-order valence-corrected chi connectivity index (χ4v) is 7.44. The number of aromatic nitrogens is 2. The molecule has 2 atom stereocenters. The van der Waals surface area contributed by atoms with Gasteiger partial charge in [-0.05, 0) is 68.7 Å².